The minimum Gasteiger partial charge on any atom is -0.508 e. The molecule has 0 aliphatic heterocycles. The lowest BCUT2D eigenvalue weighted by molar-refractivity contribution is -0.385. The van der Waals surface area contributed by atoms with E-state index in [4.69, 9.17) is 5.73 Å². The van der Waals surface area contributed by atoms with Crippen LogP contribution in [-0.4, -0.2) is 16.2 Å². The van der Waals surface area contributed by atoms with Crippen molar-refractivity contribution in [1.29, 1.82) is 0 Å². The first kappa shape index (κ1) is 14.2. The van der Waals surface area contributed by atoms with Crippen LogP contribution in [0.5, 0.6) is 5.75 Å². The van der Waals surface area contributed by atoms with Gasteiger partial charge in [0.15, 0.2) is 0 Å². The molecule has 1 atom stereocenters. The van der Waals surface area contributed by atoms with Gasteiger partial charge in [-0.1, -0.05) is 0 Å². The Bertz CT molecular complexity index is 448. The first-order valence-corrected chi connectivity index (χ1v) is 5.00. The van der Waals surface area contributed by atoms with Crippen LogP contribution in [0.25, 0.3) is 0 Å². The highest BCUT2D eigenvalue weighted by Crippen LogP contribution is 2.32. The molecule has 8 heteroatoms. The standard InChI is InChI=1S/C10H11F3N2O3/c11-10(12,13)4-3-8(14)7-5-6(15(17)18)1-2-9(7)16/h1-2,5,8,16H,3-4,14H2/t8-/m0/s1. The van der Waals surface area contributed by atoms with Gasteiger partial charge in [0.05, 0.1) is 4.92 Å². The molecule has 0 aliphatic carbocycles. The van der Waals surface area contributed by atoms with Crippen LogP contribution >= 0.6 is 0 Å². The monoisotopic (exact) mass is 264 g/mol. The molecule has 18 heavy (non-hydrogen) atoms. The van der Waals surface area contributed by atoms with Gasteiger partial charge in [-0.25, -0.2) is 0 Å². The second-order valence-electron chi connectivity index (χ2n) is 3.76. The van der Waals surface area contributed by atoms with Crippen molar-refractivity contribution in [3.8, 4) is 5.75 Å². The van der Waals surface area contributed by atoms with E-state index in [2.05, 4.69) is 0 Å². The summed E-state index contributed by atoms with van der Waals surface area (Å²) in [7, 11) is 0. The minimum absolute atomic E-state index is 0.0616. The fraction of sp³-hybridized carbons (Fsp3) is 0.400. The van der Waals surface area contributed by atoms with E-state index in [0.717, 1.165) is 18.2 Å². The average molecular weight is 264 g/mol. The number of benzene rings is 1. The third-order valence-electron chi connectivity index (χ3n) is 2.36. The Balaban J connectivity index is 2.87. The number of nitrogens with two attached hydrogens (primary N) is 1. The van der Waals surface area contributed by atoms with Crippen molar-refractivity contribution in [1.82, 2.24) is 0 Å². The number of nitro benzene ring substituents is 1. The average Bonchev–Trinajstić information content (AvgIpc) is 2.25. The van der Waals surface area contributed by atoms with Crippen LogP contribution in [0, 0.1) is 10.1 Å². The van der Waals surface area contributed by atoms with Crippen LogP contribution in [-0.2, 0) is 0 Å². The number of non-ortho nitro benzene ring substituents is 1. The molecular formula is C10H11F3N2O3. The highest BCUT2D eigenvalue weighted by molar-refractivity contribution is 5.44. The third kappa shape index (κ3) is 3.88. The Morgan fingerprint density at radius 2 is 2.06 bits per heavy atom. The summed E-state index contributed by atoms with van der Waals surface area (Å²) in [6, 6.07) is 1.97. The predicted octanol–water partition coefficient (Wildman–Crippen LogP) is 2.64. The number of phenolic OH excluding ortho intramolecular Hbond substituents is 1. The second kappa shape index (κ2) is 5.21. The maximum Gasteiger partial charge on any atom is 0.389 e. The zero-order valence-corrected chi connectivity index (χ0v) is 9.15. The molecule has 100 valence electrons. The van der Waals surface area contributed by atoms with Gasteiger partial charge in [-0.3, -0.25) is 10.1 Å². The smallest absolute Gasteiger partial charge is 0.389 e. The Morgan fingerprint density at radius 1 is 1.44 bits per heavy atom. The topological polar surface area (TPSA) is 89.4 Å². The zero-order valence-electron chi connectivity index (χ0n) is 9.15. The number of hydrogen-bond donors (Lipinski definition) is 2. The van der Waals surface area contributed by atoms with E-state index in [9.17, 15) is 28.4 Å². The van der Waals surface area contributed by atoms with Gasteiger partial charge in [-0.15, -0.1) is 0 Å². The van der Waals surface area contributed by atoms with E-state index in [1.165, 1.54) is 0 Å². The molecular weight excluding hydrogens is 253 g/mol. The highest BCUT2D eigenvalue weighted by Gasteiger charge is 2.28. The van der Waals surface area contributed by atoms with Gasteiger partial charge in [0, 0.05) is 30.2 Å². The van der Waals surface area contributed by atoms with Gasteiger partial charge in [0.1, 0.15) is 5.75 Å². The van der Waals surface area contributed by atoms with Gasteiger partial charge < -0.3 is 10.8 Å². The summed E-state index contributed by atoms with van der Waals surface area (Å²) in [5.74, 6) is -0.352. The molecule has 0 saturated carbocycles. The van der Waals surface area contributed by atoms with Gasteiger partial charge in [0.25, 0.3) is 5.69 Å². The molecule has 0 aromatic heterocycles. The van der Waals surface area contributed by atoms with Gasteiger partial charge >= 0.3 is 6.18 Å². The van der Waals surface area contributed by atoms with Gasteiger partial charge in [-0.05, 0) is 12.5 Å². The molecule has 1 rings (SSSR count). The van der Waals surface area contributed by atoms with Crippen LogP contribution in [0.1, 0.15) is 24.4 Å². The van der Waals surface area contributed by atoms with E-state index in [1.807, 2.05) is 0 Å². The van der Waals surface area contributed by atoms with E-state index in [0.29, 0.717) is 0 Å². The Morgan fingerprint density at radius 3 is 2.56 bits per heavy atom. The van der Waals surface area contributed by atoms with Crippen LogP contribution in [0.2, 0.25) is 0 Å². The van der Waals surface area contributed by atoms with E-state index in [-0.39, 0.29) is 17.0 Å². The number of alkyl halides is 3. The molecule has 0 saturated heterocycles. The van der Waals surface area contributed by atoms with Crippen molar-refractivity contribution in [2.45, 2.75) is 25.1 Å². The quantitative estimate of drug-likeness (QED) is 0.646. The van der Waals surface area contributed by atoms with E-state index in [1.54, 1.807) is 0 Å². The Hall–Kier alpha value is -1.83. The molecule has 1 aromatic rings. The van der Waals surface area contributed by atoms with Crippen molar-refractivity contribution in [3.63, 3.8) is 0 Å². The number of rotatable bonds is 4. The van der Waals surface area contributed by atoms with Gasteiger partial charge in [0.2, 0.25) is 0 Å². The second-order valence-corrected chi connectivity index (χ2v) is 3.76. The van der Waals surface area contributed by atoms with Crippen LogP contribution < -0.4 is 5.73 Å². The third-order valence-corrected chi connectivity index (χ3v) is 2.36. The summed E-state index contributed by atoms with van der Waals surface area (Å²) in [5, 5.41) is 19.9. The van der Waals surface area contributed by atoms with Crippen molar-refractivity contribution < 1.29 is 23.2 Å². The van der Waals surface area contributed by atoms with Crippen molar-refractivity contribution in [2.24, 2.45) is 5.73 Å². The van der Waals surface area contributed by atoms with Crippen molar-refractivity contribution in [2.75, 3.05) is 0 Å². The highest BCUT2D eigenvalue weighted by atomic mass is 19.4. The normalized spacial score (nSPS) is 13.3. The van der Waals surface area contributed by atoms with Crippen LogP contribution in [0.15, 0.2) is 18.2 Å². The first-order chi connectivity index (χ1) is 8.20. The largest absolute Gasteiger partial charge is 0.508 e. The molecule has 0 aliphatic rings. The fourth-order valence-electron chi connectivity index (χ4n) is 1.43. The maximum atomic E-state index is 12.0. The fourth-order valence-corrected chi connectivity index (χ4v) is 1.43. The zero-order chi connectivity index (χ0) is 13.9. The molecule has 0 amide bonds. The number of nitro groups is 1. The molecule has 0 radical (unpaired) electrons. The Labute approximate surface area is 100 Å². The lowest BCUT2D eigenvalue weighted by Crippen LogP contribution is -2.16. The maximum absolute atomic E-state index is 12.0. The first-order valence-electron chi connectivity index (χ1n) is 5.00. The SMILES string of the molecule is N[C@@H](CCC(F)(F)F)c1cc([N+](=O)[O-])ccc1O. The summed E-state index contributed by atoms with van der Waals surface area (Å²) < 4.78 is 36.0. The molecule has 0 unspecified atom stereocenters. The summed E-state index contributed by atoms with van der Waals surface area (Å²) in [6.45, 7) is 0. The molecule has 1 aromatic carbocycles. The molecule has 0 bridgehead atoms. The van der Waals surface area contributed by atoms with Crippen molar-refractivity contribution in [3.05, 3.63) is 33.9 Å². The number of aromatic hydroxyl groups is 1. The Kier molecular flexibility index (Phi) is 4.12. The molecule has 5 nitrogen and oxygen atoms in total. The molecule has 0 spiro atoms. The van der Waals surface area contributed by atoms with Crippen LogP contribution in [0.4, 0.5) is 18.9 Å². The van der Waals surface area contributed by atoms with Gasteiger partial charge in [-0.2, -0.15) is 13.2 Å². The minimum atomic E-state index is -4.35. The van der Waals surface area contributed by atoms with Crippen molar-refractivity contribution >= 4 is 5.69 Å². The number of halogens is 3. The summed E-state index contributed by atoms with van der Waals surface area (Å²) in [4.78, 5) is 9.80. The van der Waals surface area contributed by atoms with Crippen LogP contribution in [0.3, 0.4) is 0 Å². The number of phenols is 1. The molecule has 0 heterocycles. The lowest BCUT2D eigenvalue weighted by atomic mass is 10.0. The molecule has 0 fully saturated rings. The molecule has 3 N–H and O–H groups in total. The van der Waals surface area contributed by atoms with E-state index >= 15 is 0 Å². The van der Waals surface area contributed by atoms with E-state index < -0.39 is 30.0 Å². The summed E-state index contributed by atoms with van der Waals surface area (Å²) in [5.41, 5.74) is 5.10. The number of nitrogens with zero attached hydrogens (tertiary/aromatic N) is 1. The number of hydrogen-bond acceptors (Lipinski definition) is 4. The predicted molar refractivity (Wildman–Crippen MR) is 57.0 cm³/mol. The summed E-state index contributed by atoms with van der Waals surface area (Å²) >= 11 is 0. The lowest BCUT2D eigenvalue weighted by Gasteiger charge is -2.14. The summed E-state index contributed by atoms with van der Waals surface area (Å²) in [6.07, 6.45) is -5.91.